The molecule has 92 valence electrons. The van der Waals surface area contributed by atoms with Gasteiger partial charge < -0.3 is 15.5 Å². The van der Waals surface area contributed by atoms with E-state index in [-0.39, 0.29) is 12.3 Å². The van der Waals surface area contributed by atoms with Crippen LogP contribution in [-0.2, 0) is 4.79 Å². The monoisotopic (exact) mass is 237 g/mol. The van der Waals surface area contributed by atoms with Crippen LogP contribution in [0.15, 0.2) is 18.2 Å². The van der Waals surface area contributed by atoms with Crippen LogP contribution in [0.5, 0.6) is 5.75 Å². The first-order valence-electron chi connectivity index (χ1n) is 5.22. The standard InChI is InChI=1S/C12H15NO4/c1-7-3-4-9(5-10(7)14)11(15)13-6-8(2)12(16)17/h3-5,8,14H,6H2,1-2H3,(H,13,15)(H,16,17). The predicted octanol–water partition coefficient (Wildman–Crippen LogP) is 1.15. The average Bonchev–Trinajstić information content (AvgIpc) is 2.28. The van der Waals surface area contributed by atoms with E-state index in [9.17, 15) is 14.7 Å². The summed E-state index contributed by atoms with van der Waals surface area (Å²) in [5.74, 6) is -1.95. The molecule has 0 saturated heterocycles. The fourth-order valence-electron chi connectivity index (χ4n) is 1.19. The number of hydrogen-bond acceptors (Lipinski definition) is 3. The highest BCUT2D eigenvalue weighted by molar-refractivity contribution is 5.94. The number of benzene rings is 1. The molecule has 1 amide bonds. The van der Waals surface area contributed by atoms with E-state index in [0.717, 1.165) is 0 Å². The molecule has 0 saturated carbocycles. The minimum absolute atomic E-state index is 0.0453. The Labute approximate surface area is 99.1 Å². The van der Waals surface area contributed by atoms with Crippen LogP contribution >= 0.6 is 0 Å². The number of carboxylic acids is 1. The lowest BCUT2D eigenvalue weighted by molar-refractivity contribution is -0.140. The topological polar surface area (TPSA) is 86.6 Å². The number of carboxylic acid groups (broad SMARTS) is 1. The Bertz CT molecular complexity index is 442. The number of amides is 1. The van der Waals surface area contributed by atoms with Crippen LogP contribution in [0.1, 0.15) is 22.8 Å². The van der Waals surface area contributed by atoms with Gasteiger partial charge in [-0.05, 0) is 24.6 Å². The number of phenolic OH excluding ortho intramolecular Hbond substituents is 1. The van der Waals surface area contributed by atoms with Gasteiger partial charge in [0, 0.05) is 12.1 Å². The SMILES string of the molecule is Cc1ccc(C(=O)NCC(C)C(=O)O)cc1O. The van der Waals surface area contributed by atoms with Gasteiger partial charge in [-0.3, -0.25) is 9.59 Å². The maximum atomic E-state index is 11.6. The van der Waals surface area contributed by atoms with E-state index in [1.807, 2.05) is 0 Å². The number of carbonyl (C=O) groups excluding carboxylic acids is 1. The van der Waals surface area contributed by atoms with Gasteiger partial charge in [-0.15, -0.1) is 0 Å². The molecular weight excluding hydrogens is 222 g/mol. The maximum absolute atomic E-state index is 11.6. The molecule has 5 nitrogen and oxygen atoms in total. The second-order valence-corrected chi connectivity index (χ2v) is 3.95. The van der Waals surface area contributed by atoms with Crippen molar-refractivity contribution in [2.24, 2.45) is 5.92 Å². The Morgan fingerprint density at radius 2 is 2.06 bits per heavy atom. The van der Waals surface area contributed by atoms with Crippen molar-refractivity contribution >= 4 is 11.9 Å². The third kappa shape index (κ3) is 3.48. The van der Waals surface area contributed by atoms with Crippen molar-refractivity contribution in [1.29, 1.82) is 0 Å². The Morgan fingerprint density at radius 3 is 2.59 bits per heavy atom. The number of aliphatic carboxylic acids is 1. The summed E-state index contributed by atoms with van der Waals surface area (Å²) in [4.78, 5) is 22.2. The van der Waals surface area contributed by atoms with E-state index < -0.39 is 17.8 Å². The van der Waals surface area contributed by atoms with Crippen molar-refractivity contribution in [2.45, 2.75) is 13.8 Å². The van der Waals surface area contributed by atoms with Crippen LogP contribution in [0.25, 0.3) is 0 Å². The normalized spacial score (nSPS) is 11.9. The smallest absolute Gasteiger partial charge is 0.308 e. The van der Waals surface area contributed by atoms with Crippen molar-refractivity contribution < 1.29 is 19.8 Å². The van der Waals surface area contributed by atoms with Gasteiger partial charge in [0.15, 0.2) is 0 Å². The molecule has 0 aromatic heterocycles. The summed E-state index contributed by atoms with van der Waals surface area (Å²) in [7, 11) is 0. The van der Waals surface area contributed by atoms with Gasteiger partial charge in [0.25, 0.3) is 5.91 Å². The third-order valence-electron chi connectivity index (χ3n) is 2.46. The maximum Gasteiger partial charge on any atom is 0.308 e. The van der Waals surface area contributed by atoms with Crippen molar-refractivity contribution in [1.82, 2.24) is 5.32 Å². The minimum Gasteiger partial charge on any atom is -0.508 e. The minimum atomic E-state index is -0.961. The van der Waals surface area contributed by atoms with Gasteiger partial charge in [-0.25, -0.2) is 0 Å². The van der Waals surface area contributed by atoms with Crippen LogP contribution in [0, 0.1) is 12.8 Å². The summed E-state index contributed by atoms with van der Waals surface area (Å²) in [5.41, 5.74) is 0.992. The molecule has 1 aromatic rings. The molecule has 5 heteroatoms. The average molecular weight is 237 g/mol. The van der Waals surface area contributed by atoms with E-state index >= 15 is 0 Å². The fourth-order valence-corrected chi connectivity index (χ4v) is 1.19. The van der Waals surface area contributed by atoms with Crippen LogP contribution in [-0.4, -0.2) is 28.6 Å². The van der Waals surface area contributed by atoms with E-state index in [2.05, 4.69) is 5.32 Å². The summed E-state index contributed by atoms with van der Waals surface area (Å²) in [6, 6.07) is 4.57. The number of carbonyl (C=O) groups is 2. The number of aryl methyl sites for hydroxylation is 1. The molecule has 0 heterocycles. The Morgan fingerprint density at radius 1 is 1.41 bits per heavy atom. The molecule has 0 radical (unpaired) electrons. The molecule has 0 spiro atoms. The van der Waals surface area contributed by atoms with Crippen molar-refractivity contribution in [3.63, 3.8) is 0 Å². The predicted molar refractivity (Wildman–Crippen MR) is 62.0 cm³/mol. The number of nitrogens with one attached hydrogen (secondary N) is 1. The molecule has 0 bridgehead atoms. The quantitative estimate of drug-likeness (QED) is 0.733. The third-order valence-corrected chi connectivity index (χ3v) is 2.46. The van der Waals surface area contributed by atoms with E-state index in [1.165, 1.54) is 13.0 Å². The first-order valence-corrected chi connectivity index (χ1v) is 5.22. The lowest BCUT2D eigenvalue weighted by atomic mass is 10.1. The molecule has 17 heavy (non-hydrogen) atoms. The Balaban J connectivity index is 2.64. The zero-order valence-corrected chi connectivity index (χ0v) is 9.73. The van der Waals surface area contributed by atoms with Gasteiger partial charge in [-0.2, -0.15) is 0 Å². The summed E-state index contributed by atoms with van der Waals surface area (Å²) in [6.07, 6.45) is 0. The largest absolute Gasteiger partial charge is 0.508 e. The molecule has 1 atom stereocenters. The van der Waals surface area contributed by atoms with Crippen molar-refractivity contribution in [3.05, 3.63) is 29.3 Å². The first-order chi connectivity index (χ1) is 7.91. The molecule has 0 aliphatic heterocycles. The number of aromatic hydroxyl groups is 1. The van der Waals surface area contributed by atoms with Crippen molar-refractivity contribution in [3.8, 4) is 5.75 Å². The second kappa shape index (κ2) is 5.34. The van der Waals surface area contributed by atoms with Gasteiger partial charge >= 0.3 is 5.97 Å². The van der Waals surface area contributed by atoms with Gasteiger partial charge in [-0.1, -0.05) is 13.0 Å². The molecule has 1 aromatic carbocycles. The van der Waals surface area contributed by atoms with Gasteiger partial charge in [0.2, 0.25) is 0 Å². The zero-order chi connectivity index (χ0) is 13.0. The lowest BCUT2D eigenvalue weighted by Gasteiger charge is -2.09. The van der Waals surface area contributed by atoms with Crippen LogP contribution in [0.4, 0.5) is 0 Å². The van der Waals surface area contributed by atoms with Crippen LogP contribution < -0.4 is 5.32 Å². The number of phenols is 1. The Kier molecular flexibility index (Phi) is 4.09. The summed E-state index contributed by atoms with van der Waals surface area (Å²) >= 11 is 0. The second-order valence-electron chi connectivity index (χ2n) is 3.95. The molecule has 0 fully saturated rings. The van der Waals surface area contributed by atoms with E-state index in [0.29, 0.717) is 11.1 Å². The number of rotatable bonds is 4. The highest BCUT2D eigenvalue weighted by Crippen LogP contribution is 2.17. The zero-order valence-electron chi connectivity index (χ0n) is 9.73. The van der Waals surface area contributed by atoms with E-state index in [4.69, 9.17) is 5.11 Å². The van der Waals surface area contributed by atoms with Gasteiger partial charge in [0.05, 0.1) is 5.92 Å². The van der Waals surface area contributed by atoms with Crippen LogP contribution in [0.3, 0.4) is 0 Å². The first kappa shape index (κ1) is 13.0. The molecule has 1 unspecified atom stereocenters. The lowest BCUT2D eigenvalue weighted by Crippen LogP contribution is -2.31. The molecular formula is C12H15NO4. The highest BCUT2D eigenvalue weighted by Gasteiger charge is 2.13. The Hall–Kier alpha value is -2.04. The summed E-state index contributed by atoms with van der Waals surface area (Å²) < 4.78 is 0. The van der Waals surface area contributed by atoms with Gasteiger partial charge in [0.1, 0.15) is 5.75 Å². The molecule has 3 N–H and O–H groups in total. The number of hydrogen-bond donors (Lipinski definition) is 3. The van der Waals surface area contributed by atoms with E-state index in [1.54, 1.807) is 19.1 Å². The molecule has 0 aliphatic carbocycles. The highest BCUT2D eigenvalue weighted by atomic mass is 16.4. The fraction of sp³-hybridized carbons (Fsp3) is 0.333. The molecule has 1 rings (SSSR count). The summed E-state index contributed by atoms with van der Waals surface area (Å²) in [5, 5.41) is 20.6. The summed E-state index contributed by atoms with van der Waals surface area (Å²) in [6.45, 7) is 3.29. The molecule has 0 aliphatic rings. The van der Waals surface area contributed by atoms with Crippen molar-refractivity contribution in [2.75, 3.05) is 6.54 Å². The van der Waals surface area contributed by atoms with Crippen LogP contribution in [0.2, 0.25) is 0 Å².